The van der Waals surface area contributed by atoms with Crippen molar-refractivity contribution in [1.29, 1.82) is 0 Å². The van der Waals surface area contributed by atoms with Crippen LogP contribution in [-0.4, -0.2) is 26.7 Å². The third kappa shape index (κ3) is 1.41. The molecule has 1 aliphatic heterocycles. The highest BCUT2D eigenvalue weighted by molar-refractivity contribution is 7.99. The van der Waals surface area contributed by atoms with Crippen molar-refractivity contribution in [3.8, 4) is 11.6 Å². The van der Waals surface area contributed by atoms with Crippen LogP contribution in [0, 0.1) is 0 Å². The molecule has 2 aromatic heterocycles. The van der Waals surface area contributed by atoms with Crippen LogP contribution >= 0.6 is 11.8 Å². The molecular weight excluding hydrogens is 212 g/mol. The number of nitrogens with one attached hydrogen (secondary N) is 1. The molecule has 78 valence electrons. The van der Waals surface area contributed by atoms with Gasteiger partial charge in [0, 0.05) is 11.8 Å². The number of hydrogen-bond donors (Lipinski definition) is 1. The number of fused-ring (bicyclic) bond motifs is 1. The van der Waals surface area contributed by atoms with Gasteiger partial charge in [-0.1, -0.05) is 11.8 Å². The fourth-order valence-electron chi connectivity index (χ4n) is 1.50. The molecule has 0 fully saturated rings. The van der Waals surface area contributed by atoms with E-state index in [1.54, 1.807) is 18.0 Å². The summed E-state index contributed by atoms with van der Waals surface area (Å²) < 4.78 is 7.19. The zero-order valence-electron chi connectivity index (χ0n) is 8.17. The van der Waals surface area contributed by atoms with Gasteiger partial charge in [0.2, 0.25) is 11.0 Å². The van der Waals surface area contributed by atoms with Crippen molar-refractivity contribution < 1.29 is 4.42 Å². The smallest absolute Gasteiger partial charge is 0.219 e. The van der Waals surface area contributed by atoms with Crippen LogP contribution in [0.1, 0.15) is 6.92 Å². The molecule has 1 N–H and O–H groups in total. The molecule has 3 rings (SSSR count). The van der Waals surface area contributed by atoms with Gasteiger partial charge in [0.15, 0.2) is 5.76 Å². The number of thioether (sulfide) groups is 1. The molecule has 5 nitrogen and oxygen atoms in total. The standard InChI is InChI=1S/C9H10N4OS/c1-6-5-15-9-11-10-8(13(9)12-6)7-3-2-4-14-7/h2-4,6,12H,5H2,1H3. The van der Waals surface area contributed by atoms with Gasteiger partial charge in [-0.3, -0.25) is 0 Å². The SMILES string of the molecule is CC1CSc2nnc(-c3ccco3)n2N1. The maximum Gasteiger partial charge on any atom is 0.219 e. The number of rotatable bonds is 1. The lowest BCUT2D eigenvalue weighted by Gasteiger charge is -2.22. The van der Waals surface area contributed by atoms with Crippen LogP contribution in [0.15, 0.2) is 28.0 Å². The molecule has 1 unspecified atom stereocenters. The highest BCUT2D eigenvalue weighted by atomic mass is 32.2. The lowest BCUT2D eigenvalue weighted by Crippen LogP contribution is -2.32. The number of nitrogens with zero attached hydrogens (tertiary/aromatic N) is 3. The van der Waals surface area contributed by atoms with Crippen molar-refractivity contribution in [2.75, 3.05) is 11.2 Å². The predicted molar refractivity (Wildman–Crippen MR) is 57.3 cm³/mol. The third-order valence-electron chi connectivity index (χ3n) is 2.19. The summed E-state index contributed by atoms with van der Waals surface area (Å²) in [5.74, 6) is 2.47. The maximum atomic E-state index is 5.31. The van der Waals surface area contributed by atoms with E-state index in [-0.39, 0.29) is 0 Å². The summed E-state index contributed by atoms with van der Waals surface area (Å²) in [6.07, 6.45) is 1.64. The van der Waals surface area contributed by atoms with Crippen LogP contribution in [0.25, 0.3) is 11.6 Å². The Morgan fingerprint density at radius 2 is 2.53 bits per heavy atom. The van der Waals surface area contributed by atoms with E-state index in [1.165, 1.54) is 0 Å². The molecule has 1 aliphatic rings. The van der Waals surface area contributed by atoms with E-state index in [4.69, 9.17) is 4.42 Å². The van der Waals surface area contributed by atoms with Crippen LogP contribution in [0.2, 0.25) is 0 Å². The first-order valence-electron chi connectivity index (χ1n) is 4.73. The summed E-state index contributed by atoms with van der Waals surface area (Å²) >= 11 is 1.70. The van der Waals surface area contributed by atoms with Gasteiger partial charge < -0.3 is 9.84 Å². The van der Waals surface area contributed by atoms with E-state index >= 15 is 0 Å². The average molecular weight is 222 g/mol. The lowest BCUT2D eigenvalue weighted by molar-refractivity contribution is 0.568. The van der Waals surface area contributed by atoms with E-state index in [2.05, 4.69) is 22.5 Å². The normalized spacial score (nSPS) is 19.7. The maximum absolute atomic E-state index is 5.31. The molecule has 0 aromatic carbocycles. The van der Waals surface area contributed by atoms with Crippen LogP contribution in [0.5, 0.6) is 0 Å². The summed E-state index contributed by atoms with van der Waals surface area (Å²) in [5.41, 5.74) is 3.31. The van der Waals surface area contributed by atoms with Gasteiger partial charge in [0.05, 0.1) is 6.26 Å². The zero-order chi connectivity index (χ0) is 10.3. The summed E-state index contributed by atoms with van der Waals surface area (Å²) in [7, 11) is 0. The number of hydrogen-bond acceptors (Lipinski definition) is 5. The Kier molecular flexibility index (Phi) is 1.95. The van der Waals surface area contributed by atoms with Crippen LogP contribution in [-0.2, 0) is 0 Å². The Morgan fingerprint density at radius 3 is 3.33 bits per heavy atom. The first kappa shape index (κ1) is 8.84. The monoisotopic (exact) mass is 222 g/mol. The largest absolute Gasteiger partial charge is 0.461 e. The molecule has 0 spiro atoms. The van der Waals surface area contributed by atoms with Crippen molar-refractivity contribution in [2.24, 2.45) is 0 Å². The van der Waals surface area contributed by atoms with Gasteiger partial charge in [-0.05, 0) is 19.1 Å². The fraction of sp³-hybridized carbons (Fsp3) is 0.333. The first-order valence-corrected chi connectivity index (χ1v) is 5.72. The summed E-state index contributed by atoms with van der Waals surface area (Å²) in [5, 5.41) is 9.10. The van der Waals surface area contributed by atoms with Crippen molar-refractivity contribution >= 4 is 11.8 Å². The lowest BCUT2D eigenvalue weighted by atomic mass is 10.4. The van der Waals surface area contributed by atoms with Crippen molar-refractivity contribution in [1.82, 2.24) is 14.9 Å². The number of aromatic nitrogens is 3. The van der Waals surface area contributed by atoms with Crippen molar-refractivity contribution in [3.05, 3.63) is 18.4 Å². The van der Waals surface area contributed by atoms with Crippen LogP contribution in [0.4, 0.5) is 0 Å². The third-order valence-corrected chi connectivity index (χ3v) is 3.38. The average Bonchev–Trinajstić information content (AvgIpc) is 2.83. The quantitative estimate of drug-likeness (QED) is 0.793. The van der Waals surface area contributed by atoms with Crippen molar-refractivity contribution in [2.45, 2.75) is 18.1 Å². The van der Waals surface area contributed by atoms with E-state index in [9.17, 15) is 0 Å². The molecule has 0 radical (unpaired) electrons. The molecule has 0 amide bonds. The minimum absolute atomic E-state index is 0.409. The molecule has 3 heterocycles. The minimum atomic E-state index is 0.409. The Morgan fingerprint density at radius 1 is 1.60 bits per heavy atom. The number of furan rings is 1. The van der Waals surface area contributed by atoms with E-state index < -0.39 is 0 Å². The minimum Gasteiger partial charge on any atom is -0.461 e. The molecule has 6 heteroatoms. The molecule has 0 aliphatic carbocycles. The van der Waals surface area contributed by atoms with Gasteiger partial charge in [-0.15, -0.1) is 10.2 Å². The zero-order valence-corrected chi connectivity index (χ0v) is 8.99. The molecular formula is C9H10N4OS. The Hall–Kier alpha value is -1.43. The van der Waals surface area contributed by atoms with E-state index in [0.717, 1.165) is 22.5 Å². The Balaban J connectivity index is 2.07. The van der Waals surface area contributed by atoms with E-state index in [1.807, 2.05) is 16.8 Å². The van der Waals surface area contributed by atoms with Gasteiger partial charge in [-0.2, -0.15) is 0 Å². The molecule has 0 bridgehead atoms. The second kappa shape index (κ2) is 3.30. The Labute approximate surface area is 90.8 Å². The molecule has 1 atom stereocenters. The van der Waals surface area contributed by atoms with Crippen LogP contribution in [0.3, 0.4) is 0 Å². The van der Waals surface area contributed by atoms with E-state index in [0.29, 0.717) is 6.04 Å². The second-order valence-electron chi connectivity index (χ2n) is 3.46. The first-order chi connectivity index (χ1) is 7.34. The molecule has 0 saturated carbocycles. The molecule has 2 aromatic rings. The predicted octanol–water partition coefficient (Wildman–Crippen LogP) is 1.58. The topological polar surface area (TPSA) is 55.9 Å². The summed E-state index contributed by atoms with van der Waals surface area (Å²) in [6.45, 7) is 2.13. The molecule has 0 saturated heterocycles. The fourth-order valence-corrected chi connectivity index (χ4v) is 2.34. The highest BCUT2D eigenvalue weighted by Crippen LogP contribution is 2.26. The van der Waals surface area contributed by atoms with Gasteiger partial charge >= 0.3 is 0 Å². The van der Waals surface area contributed by atoms with Gasteiger partial charge in [0.1, 0.15) is 0 Å². The van der Waals surface area contributed by atoms with Gasteiger partial charge in [-0.25, -0.2) is 4.68 Å². The Bertz CT molecular complexity index is 464. The molecule has 15 heavy (non-hydrogen) atoms. The highest BCUT2D eigenvalue weighted by Gasteiger charge is 2.21. The second-order valence-corrected chi connectivity index (χ2v) is 4.45. The summed E-state index contributed by atoms with van der Waals surface area (Å²) in [6, 6.07) is 4.13. The summed E-state index contributed by atoms with van der Waals surface area (Å²) in [4.78, 5) is 0. The van der Waals surface area contributed by atoms with Crippen molar-refractivity contribution in [3.63, 3.8) is 0 Å². The van der Waals surface area contributed by atoms with Crippen LogP contribution < -0.4 is 5.43 Å². The van der Waals surface area contributed by atoms with Gasteiger partial charge in [0.25, 0.3) is 0 Å².